The number of aryl methyl sites for hydroxylation is 2. The Morgan fingerprint density at radius 2 is 1.72 bits per heavy atom. The van der Waals surface area contributed by atoms with Crippen molar-refractivity contribution in [3.05, 3.63) is 75.6 Å². The molecule has 0 spiro atoms. The molecule has 2 aromatic rings. The van der Waals surface area contributed by atoms with Gasteiger partial charge in [-0.3, -0.25) is 19.3 Å². The lowest BCUT2D eigenvalue weighted by Crippen LogP contribution is -2.65. The van der Waals surface area contributed by atoms with E-state index in [9.17, 15) is 34.8 Å². The number of phenols is 1. The van der Waals surface area contributed by atoms with Crippen LogP contribution in [0.1, 0.15) is 28.7 Å². The first-order valence-electron chi connectivity index (χ1n) is 12.7. The number of nitrogens with zero attached hydrogens (tertiary/aromatic N) is 1. The second-order valence-electron chi connectivity index (χ2n) is 10.8. The average molecular weight is 534 g/mol. The van der Waals surface area contributed by atoms with Gasteiger partial charge in [-0.1, -0.05) is 18.2 Å². The molecule has 0 bridgehead atoms. The second-order valence-corrected chi connectivity index (χ2v) is 10.8. The number of fused-ring (bicyclic) bond motifs is 3. The zero-order chi connectivity index (χ0) is 28.4. The summed E-state index contributed by atoms with van der Waals surface area (Å²) < 4.78 is 0. The number of carbonyl (C=O) groups excluding carboxylic acids is 3. The summed E-state index contributed by atoms with van der Waals surface area (Å²) in [5, 5.41) is 44.6. The predicted octanol–water partition coefficient (Wildman–Crippen LogP) is 1.33. The number of benzene rings is 2. The molecule has 0 saturated heterocycles. The minimum absolute atomic E-state index is 0.0544. The summed E-state index contributed by atoms with van der Waals surface area (Å²) in [6.45, 7) is 0. The third kappa shape index (κ3) is 3.90. The van der Waals surface area contributed by atoms with Crippen LogP contribution in [0.2, 0.25) is 0 Å². The largest absolute Gasteiger partial charge is 0.508 e. The van der Waals surface area contributed by atoms with Crippen LogP contribution in [0, 0.1) is 11.8 Å². The number of aliphatic hydroxyl groups excluding tert-OH is 2. The van der Waals surface area contributed by atoms with Crippen LogP contribution in [0.3, 0.4) is 0 Å². The average Bonchev–Trinajstić information content (AvgIpc) is 2.86. The number of nitrogens with two attached hydrogens (primary N) is 2. The first-order valence-corrected chi connectivity index (χ1v) is 12.7. The van der Waals surface area contributed by atoms with Crippen molar-refractivity contribution < 1.29 is 34.8 Å². The molecule has 1 fully saturated rings. The predicted molar refractivity (Wildman–Crippen MR) is 143 cm³/mol. The molecule has 204 valence electrons. The Hall–Kier alpha value is -4.15. The first-order chi connectivity index (χ1) is 18.4. The van der Waals surface area contributed by atoms with Crippen LogP contribution in [0.15, 0.2) is 53.3 Å². The smallest absolute Gasteiger partial charge is 0.255 e. The fourth-order valence-electron chi connectivity index (χ4n) is 6.51. The monoisotopic (exact) mass is 533 g/mol. The summed E-state index contributed by atoms with van der Waals surface area (Å²) in [5.41, 5.74) is 10.9. The molecule has 0 radical (unpaired) electrons. The number of anilines is 1. The molecule has 4 atom stereocenters. The van der Waals surface area contributed by atoms with E-state index in [-0.39, 0.29) is 29.7 Å². The van der Waals surface area contributed by atoms with Crippen molar-refractivity contribution in [2.24, 2.45) is 17.6 Å². The minimum Gasteiger partial charge on any atom is -0.508 e. The van der Waals surface area contributed by atoms with Gasteiger partial charge >= 0.3 is 0 Å². The molecule has 3 aliphatic rings. The molecule has 0 aliphatic heterocycles. The van der Waals surface area contributed by atoms with Crippen molar-refractivity contribution >= 4 is 28.9 Å². The molecule has 1 amide bonds. The highest BCUT2D eigenvalue weighted by Crippen LogP contribution is 2.53. The van der Waals surface area contributed by atoms with Crippen molar-refractivity contribution in [3.8, 4) is 5.75 Å². The molecule has 10 nitrogen and oxygen atoms in total. The topological polar surface area (TPSA) is 187 Å². The molecule has 1 saturated carbocycles. The zero-order valence-electron chi connectivity index (χ0n) is 21.6. The van der Waals surface area contributed by atoms with Crippen molar-refractivity contribution in [2.45, 2.75) is 37.3 Å². The number of ketones is 2. The van der Waals surface area contributed by atoms with Crippen molar-refractivity contribution in [3.63, 3.8) is 0 Å². The van der Waals surface area contributed by atoms with Gasteiger partial charge in [0.05, 0.1) is 11.6 Å². The van der Waals surface area contributed by atoms with E-state index in [2.05, 4.69) is 0 Å². The van der Waals surface area contributed by atoms with Crippen LogP contribution in [-0.2, 0) is 33.6 Å². The third-order valence-electron chi connectivity index (χ3n) is 8.36. The number of primary amides is 1. The Morgan fingerprint density at radius 1 is 1.05 bits per heavy atom. The number of nitrogen functional groups attached to an aromatic ring is 1. The van der Waals surface area contributed by atoms with Gasteiger partial charge in [0.15, 0.2) is 11.4 Å². The maximum absolute atomic E-state index is 13.9. The van der Waals surface area contributed by atoms with Gasteiger partial charge in [0.25, 0.3) is 5.91 Å². The molecule has 5 rings (SSSR count). The summed E-state index contributed by atoms with van der Waals surface area (Å²) in [6, 6.07) is 9.61. The third-order valence-corrected chi connectivity index (χ3v) is 8.36. The standard InChI is InChI=1S/C29H31N3O7/c1-32(2)23-18-12-15-11-17-14(6-3-13-4-8-16(30)9-5-13)7-10-19(33)21(17)24(34)20(15)26(36)29(18,39)27(37)22(25(23)35)28(31)38/h4-5,7-10,15,18,23,33-34,37,39H,3,6,11-12,30H2,1-2H3,(H2,31,38)/t15-,18+,23-,29+/m0/s1. The highest BCUT2D eigenvalue weighted by molar-refractivity contribution is 6.24. The van der Waals surface area contributed by atoms with E-state index in [1.807, 2.05) is 24.3 Å². The summed E-state index contributed by atoms with van der Waals surface area (Å²) in [6.07, 6.45) is 1.58. The molecule has 2 aromatic carbocycles. The first kappa shape index (κ1) is 26.5. The molecule has 10 heteroatoms. The van der Waals surface area contributed by atoms with Gasteiger partial charge in [-0.15, -0.1) is 0 Å². The number of amides is 1. The highest BCUT2D eigenvalue weighted by Gasteiger charge is 2.64. The lowest BCUT2D eigenvalue weighted by atomic mass is 9.57. The number of aliphatic hydroxyl groups is 3. The van der Waals surface area contributed by atoms with Crippen LogP contribution in [0.5, 0.6) is 5.75 Å². The van der Waals surface area contributed by atoms with Gasteiger partial charge in [-0.05, 0) is 80.6 Å². The van der Waals surface area contributed by atoms with E-state index in [1.54, 1.807) is 20.2 Å². The normalized spacial score (nSPS) is 26.4. The minimum atomic E-state index is -2.65. The van der Waals surface area contributed by atoms with E-state index in [0.29, 0.717) is 24.1 Å². The fraction of sp³-hybridized carbons (Fsp3) is 0.345. The lowest BCUT2D eigenvalue weighted by molar-refractivity contribution is -0.153. The Bertz CT molecular complexity index is 1470. The van der Waals surface area contributed by atoms with E-state index in [0.717, 1.165) is 11.1 Å². The van der Waals surface area contributed by atoms with Crippen molar-refractivity contribution in [1.29, 1.82) is 0 Å². The van der Waals surface area contributed by atoms with Gasteiger partial charge in [-0.25, -0.2) is 0 Å². The molecule has 39 heavy (non-hydrogen) atoms. The van der Waals surface area contributed by atoms with Gasteiger partial charge in [0, 0.05) is 17.2 Å². The number of Topliss-reactive ketones (excluding diaryl/α,β-unsaturated/α-hetero) is 2. The number of phenolic OH excluding ortho intramolecular Hbond substituents is 1. The van der Waals surface area contributed by atoms with Gasteiger partial charge in [0.1, 0.15) is 22.8 Å². The molecule has 8 N–H and O–H groups in total. The number of hydrogen-bond donors (Lipinski definition) is 6. The van der Waals surface area contributed by atoms with Crippen LogP contribution in [0.25, 0.3) is 5.76 Å². The number of rotatable bonds is 5. The van der Waals surface area contributed by atoms with E-state index in [1.165, 1.54) is 11.0 Å². The maximum Gasteiger partial charge on any atom is 0.255 e. The molecular weight excluding hydrogens is 502 g/mol. The Balaban J connectivity index is 1.61. The zero-order valence-corrected chi connectivity index (χ0v) is 21.6. The summed E-state index contributed by atoms with van der Waals surface area (Å²) in [7, 11) is 3.14. The summed E-state index contributed by atoms with van der Waals surface area (Å²) >= 11 is 0. The Kier molecular flexibility index (Phi) is 6.27. The quantitative estimate of drug-likeness (QED) is 0.243. The Morgan fingerprint density at radius 3 is 2.33 bits per heavy atom. The van der Waals surface area contributed by atoms with Crippen LogP contribution >= 0.6 is 0 Å². The molecule has 0 aromatic heterocycles. The molecule has 0 heterocycles. The molecule has 0 unspecified atom stereocenters. The van der Waals surface area contributed by atoms with Crippen LogP contribution in [0.4, 0.5) is 5.69 Å². The molecule has 3 aliphatic carbocycles. The fourth-order valence-corrected chi connectivity index (χ4v) is 6.51. The Labute approximate surface area is 224 Å². The summed E-state index contributed by atoms with van der Waals surface area (Å²) in [4.78, 5) is 40.7. The van der Waals surface area contributed by atoms with Gasteiger partial charge in [-0.2, -0.15) is 0 Å². The number of likely N-dealkylation sites (N-methyl/N-ethyl adjacent to an activating group) is 1. The number of hydrogen-bond acceptors (Lipinski definition) is 9. The second kappa shape index (κ2) is 9.25. The van der Waals surface area contributed by atoms with Crippen LogP contribution in [-0.4, -0.2) is 68.5 Å². The SMILES string of the molecule is CN(C)[C@@H]1C(=O)C(C(N)=O)=C(O)[C@]2(O)C(=O)C3=C(O)c4c(O)ccc(CCc5ccc(N)cc5)c4C[C@H]3C[C@H]12. The van der Waals surface area contributed by atoms with E-state index >= 15 is 0 Å². The maximum atomic E-state index is 13.9. The van der Waals surface area contributed by atoms with E-state index in [4.69, 9.17) is 11.5 Å². The van der Waals surface area contributed by atoms with Crippen molar-refractivity contribution in [2.75, 3.05) is 19.8 Å². The van der Waals surface area contributed by atoms with Gasteiger partial charge < -0.3 is 31.9 Å². The molecular formula is C29H31N3O7. The van der Waals surface area contributed by atoms with Crippen molar-refractivity contribution in [1.82, 2.24) is 4.90 Å². The van der Waals surface area contributed by atoms with E-state index < -0.39 is 58.0 Å². The van der Waals surface area contributed by atoms with Crippen LogP contribution < -0.4 is 11.5 Å². The number of carbonyl (C=O) groups is 3. The highest BCUT2D eigenvalue weighted by atomic mass is 16.3. The lowest BCUT2D eigenvalue weighted by Gasteiger charge is -2.50. The van der Waals surface area contributed by atoms with Gasteiger partial charge in [0.2, 0.25) is 5.78 Å². The summed E-state index contributed by atoms with van der Waals surface area (Å²) in [5.74, 6) is -6.58. The number of aromatic hydroxyl groups is 1.